The zero-order valence-corrected chi connectivity index (χ0v) is 12.9. The molecular weight excluding hydrogens is 252 g/mol. The molecule has 0 spiro atoms. The van der Waals surface area contributed by atoms with Gasteiger partial charge in [-0.15, -0.1) is 0 Å². The smallest absolute Gasteiger partial charge is 0.134 e. The van der Waals surface area contributed by atoms with Crippen LogP contribution >= 0.6 is 0 Å². The van der Waals surface area contributed by atoms with Crippen molar-refractivity contribution in [2.24, 2.45) is 0 Å². The van der Waals surface area contributed by atoms with Crippen LogP contribution in [0.15, 0.2) is 6.07 Å². The topological polar surface area (TPSA) is 50.3 Å². The molecule has 1 aliphatic heterocycles. The number of aromatic nitrogens is 2. The average Bonchev–Trinajstić information content (AvgIpc) is 2.48. The molecule has 1 atom stereocenters. The maximum atomic E-state index is 5.80. The molecule has 1 fully saturated rings. The third kappa shape index (κ3) is 4.07. The second-order valence-electron chi connectivity index (χ2n) is 5.40. The van der Waals surface area contributed by atoms with Crippen molar-refractivity contribution in [1.29, 1.82) is 0 Å². The van der Waals surface area contributed by atoms with Gasteiger partial charge in [0, 0.05) is 39.7 Å². The third-order valence-corrected chi connectivity index (χ3v) is 3.63. The second-order valence-corrected chi connectivity index (χ2v) is 5.40. The molecule has 1 aromatic heterocycles. The van der Waals surface area contributed by atoms with Crippen LogP contribution in [0.4, 0.5) is 11.6 Å². The molecule has 1 aromatic rings. The minimum atomic E-state index is 0.330. The van der Waals surface area contributed by atoms with Gasteiger partial charge in [-0.3, -0.25) is 0 Å². The van der Waals surface area contributed by atoms with E-state index in [4.69, 9.17) is 4.74 Å². The molecule has 1 unspecified atom stereocenters. The summed E-state index contributed by atoms with van der Waals surface area (Å²) in [6.07, 6.45) is 5.91. The Balaban J connectivity index is 2.06. The van der Waals surface area contributed by atoms with Gasteiger partial charge in [-0.1, -0.05) is 6.92 Å². The van der Waals surface area contributed by atoms with Crippen LogP contribution in [0.1, 0.15) is 38.4 Å². The average molecular weight is 278 g/mol. The fraction of sp³-hybridized carbons (Fsp3) is 0.733. The van der Waals surface area contributed by atoms with Gasteiger partial charge in [0.05, 0.1) is 6.10 Å². The normalized spacial score (nSPS) is 18.9. The lowest BCUT2D eigenvalue weighted by Gasteiger charge is -2.28. The van der Waals surface area contributed by atoms with E-state index in [1.165, 1.54) is 12.8 Å². The van der Waals surface area contributed by atoms with Crippen LogP contribution in [0, 0.1) is 0 Å². The number of hydrogen-bond donors (Lipinski definition) is 1. The van der Waals surface area contributed by atoms with Crippen LogP contribution in [0.5, 0.6) is 0 Å². The Hall–Kier alpha value is -1.36. The molecule has 5 heteroatoms. The quantitative estimate of drug-likeness (QED) is 0.866. The van der Waals surface area contributed by atoms with Crippen LogP contribution in [-0.2, 0) is 11.2 Å². The van der Waals surface area contributed by atoms with E-state index in [2.05, 4.69) is 34.2 Å². The Bertz CT molecular complexity index is 418. The number of hydrogen-bond acceptors (Lipinski definition) is 5. The van der Waals surface area contributed by atoms with Crippen molar-refractivity contribution in [1.82, 2.24) is 9.97 Å². The summed E-state index contributed by atoms with van der Waals surface area (Å²) in [7, 11) is 3.97. The summed E-state index contributed by atoms with van der Waals surface area (Å²) < 4.78 is 5.80. The first-order valence-corrected chi connectivity index (χ1v) is 7.61. The van der Waals surface area contributed by atoms with Gasteiger partial charge >= 0.3 is 0 Å². The number of anilines is 2. The van der Waals surface area contributed by atoms with E-state index >= 15 is 0 Å². The van der Waals surface area contributed by atoms with Gasteiger partial charge in [0.2, 0.25) is 0 Å². The molecule has 20 heavy (non-hydrogen) atoms. The summed E-state index contributed by atoms with van der Waals surface area (Å²) in [6.45, 7) is 3.94. The highest BCUT2D eigenvalue weighted by Gasteiger charge is 2.17. The van der Waals surface area contributed by atoms with E-state index in [1.54, 1.807) is 0 Å². The molecule has 0 aromatic carbocycles. The molecule has 2 heterocycles. The first kappa shape index (κ1) is 15.0. The zero-order valence-electron chi connectivity index (χ0n) is 12.9. The lowest BCUT2D eigenvalue weighted by atomic mass is 10.1. The summed E-state index contributed by atoms with van der Waals surface area (Å²) in [6, 6.07) is 2.00. The molecule has 2 rings (SSSR count). The summed E-state index contributed by atoms with van der Waals surface area (Å²) in [5.74, 6) is 2.77. The number of nitrogens with zero attached hydrogens (tertiary/aromatic N) is 3. The van der Waals surface area contributed by atoms with Crippen molar-refractivity contribution in [2.45, 2.75) is 45.1 Å². The first-order chi connectivity index (χ1) is 9.72. The van der Waals surface area contributed by atoms with Gasteiger partial charge in [-0.05, 0) is 25.7 Å². The molecular formula is C15H26N4O. The molecule has 1 saturated heterocycles. The van der Waals surface area contributed by atoms with Gasteiger partial charge in [0.25, 0.3) is 0 Å². The van der Waals surface area contributed by atoms with Gasteiger partial charge < -0.3 is 15.0 Å². The van der Waals surface area contributed by atoms with Gasteiger partial charge in [0.1, 0.15) is 17.5 Å². The largest absolute Gasteiger partial charge is 0.376 e. The number of nitrogens with one attached hydrogen (secondary N) is 1. The lowest BCUT2D eigenvalue weighted by Crippen LogP contribution is -2.34. The maximum Gasteiger partial charge on any atom is 0.134 e. The number of likely N-dealkylation sites (N-methyl/N-ethyl adjacent to an activating group) is 1. The third-order valence-electron chi connectivity index (χ3n) is 3.63. The fourth-order valence-corrected chi connectivity index (χ4v) is 2.49. The standard InChI is InChI=1S/C15H26N4O/c1-4-7-13-17-14(16-2)10-15(18-13)19(3)11-12-8-5-6-9-20-12/h10,12H,4-9,11H2,1-3H3,(H,16,17,18). The van der Waals surface area contributed by atoms with Crippen LogP contribution in [0.2, 0.25) is 0 Å². The second kappa shape index (κ2) is 7.43. The Labute approximate surface area is 121 Å². The highest BCUT2D eigenvalue weighted by atomic mass is 16.5. The summed E-state index contributed by atoms with van der Waals surface area (Å²) in [4.78, 5) is 11.3. The van der Waals surface area contributed by atoms with Gasteiger partial charge in [0.15, 0.2) is 0 Å². The minimum absolute atomic E-state index is 0.330. The monoisotopic (exact) mass is 278 g/mol. The van der Waals surface area contributed by atoms with Crippen LogP contribution in [0.25, 0.3) is 0 Å². The molecule has 0 aliphatic carbocycles. The first-order valence-electron chi connectivity index (χ1n) is 7.61. The fourth-order valence-electron chi connectivity index (χ4n) is 2.49. The summed E-state index contributed by atoms with van der Waals surface area (Å²) in [5, 5.41) is 3.12. The van der Waals surface area contributed by atoms with E-state index in [-0.39, 0.29) is 0 Å². The van der Waals surface area contributed by atoms with E-state index in [1.807, 2.05) is 13.1 Å². The van der Waals surface area contributed by atoms with Crippen molar-refractivity contribution in [3.8, 4) is 0 Å². The van der Waals surface area contributed by atoms with E-state index < -0.39 is 0 Å². The minimum Gasteiger partial charge on any atom is -0.376 e. The summed E-state index contributed by atoms with van der Waals surface area (Å²) >= 11 is 0. The highest BCUT2D eigenvalue weighted by molar-refractivity contribution is 5.48. The van der Waals surface area contributed by atoms with Crippen molar-refractivity contribution in [3.05, 3.63) is 11.9 Å². The molecule has 0 amide bonds. The van der Waals surface area contributed by atoms with Crippen LogP contribution < -0.4 is 10.2 Å². The van der Waals surface area contributed by atoms with Crippen LogP contribution in [-0.4, -0.2) is 43.3 Å². The maximum absolute atomic E-state index is 5.80. The van der Waals surface area contributed by atoms with Gasteiger partial charge in [-0.2, -0.15) is 0 Å². The molecule has 0 saturated carbocycles. The SMILES string of the molecule is CCCc1nc(NC)cc(N(C)CC2CCCCO2)n1. The van der Waals surface area contributed by atoms with Gasteiger partial charge in [-0.25, -0.2) is 9.97 Å². The number of rotatable bonds is 6. The Morgan fingerprint density at radius 1 is 1.40 bits per heavy atom. The van der Waals surface area contributed by atoms with E-state index in [9.17, 15) is 0 Å². The Kier molecular flexibility index (Phi) is 5.59. The highest BCUT2D eigenvalue weighted by Crippen LogP contribution is 2.19. The molecule has 112 valence electrons. The molecule has 1 N–H and O–H groups in total. The van der Waals surface area contributed by atoms with Crippen LogP contribution in [0.3, 0.4) is 0 Å². The lowest BCUT2D eigenvalue weighted by molar-refractivity contribution is 0.0215. The molecule has 0 radical (unpaired) electrons. The number of aryl methyl sites for hydroxylation is 1. The van der Waals surface area contributed by atoms with E-state index in [0.29, 0.717) is 6.10 Å². The van der Waals surface area contributed by atoms with E-state index in [0.717, 1.165) is 49.9 Å². The Morgan fingerprint density at radius 3 is 2.90 bits per heavy atom. The predicted octanol–water partition coefficient (Wildman–Crippen LogP) is 2.48. The van der Waals surface area contributed by atoms with Crippen molar-refractivity contribution in [2.75, 3.05) is 37.5 Å². The molecule has 0 bridgehead atoms. The number of ether oxygens (including phenoxy) is 1. The molecule has 5 nitrogen and oxygen atoms in total. The van der Waals surface area contributed by atoms with Crippen molar-refractivity contribution >= 4 is 11.6 Å². The predicted molar refractivity (Wildman–Crippen MR) is 82.4 cm³/mol. The summed E-state index contributed by atoms with van der Waals surface area (Å²) in [5.41, 5.74) is 0. The zero-order chi connectivity index (χ0) is 14.4. The van der Waals surface area contributed by atoms with Crippen molar-refractivity contribution < 1.29 is 4.74 Å². The Morgan fingerprint density at radius 2 is 2.25 bits per heavy atom. The van der Waals surface area contributed by atoms with Crippen molar-refractivity contribution in [3.63, 3.8) is 0 Å². The molecule has 1 aliphatic rings.